The Kier molecular flexibility index (Phi) is 2.59. The fourth-order valence-corrected chi connectivity index (χ4v) is 1.19. The topological polar surface area (TPSA) is 66.5 Å². The van der Waals surface area contributed by atoms with Crippen LogP contribution in [-0.2, 0) is 5.54 Å². The summed E-state index contributed by atoms with van der Waals surface area (Å²) < 4.78 is 0. The number of hydrogen-bond donors (Lipinski definition) is 3. The van der Waals surface area contributed by atoms with Crippen LogP contribution < -0.4 is 5.73 Å². The minimum atomic E-state index is -0.879. The molecule has 0 radical (unpaired) electrons. The van der Waals surface area contributed by atoms with Gasteiger partial charge in [-0.25, -0.2) is 0 Å². The molecule has 1 aromatic rings. The summed E-state index contributed by atoms with van der Waals surface area (Å²) in [5, 5.41) is 18.5. The Bertz CT molecular complexity index is 308. The van der Waals surface area contributed by atoms with Gasteiger partial charge in [-0.1, -0.05) is 17.7 Å². The lowest BCUT2D eigenvalue weighted by atomic mass is 9.92. The lowest BCUT2D eigenvalue weighted by Gasteiger charge is -2.23. The summed E-state index contributed by atoms with van der Waals surface area (Å²) in [5.41, 5.74) is 6.51. The Labute approximate surface area is 77.8 Å². The van der Waals surface area contributed by atoms with E-state index in [9.17, 15) is 5.11 Å². The van der Waals surface area contributed by atoms with Crippen LogP contribution in [-0.4, -0.2) is 16.8 Å². The highest BCUT2D eigenvalue weighted by Gasteiger charge is 2.23. The largest absolute Gasteiger partial charge is 0.508 e. The van der Waals surface area contributed by atoms with Crippen LogP contribution in [0.5, 0.6) is 5.75 Å². The number of aromatic hydroxyl groups is 1. The van der Waals surface area contributed by atoms with Gasteiger partial charge in [0.25, 0.3) is 0 Å². The number of hydrogen-bond acceptors (Lipinski definition) is 3. The van der Waals surface area contributed by atoms with Crippen LogP contribution in [0.15, 0.2) is 18.2 Å². The Morgan fingerprint density at radius 1 is 1.46 bits per heavy atom. The molecule has 0 spiro atoms. The Balaban J connectivity index is 3.20. The first-order chi connectivity index (χ1) is 5.97. The van der Waals surface area contributed by atoms with Gasteiger partial charge < -0.3 is 15.9 Å². The molecule has 0 saturated carbocycles. The van der Waals surface area contributed by atoms with E-state index in [1.165, 1.54) is 0 Å². The number of aliphatic hydroxyl groups excluding tert-OH is 1. The van der Waals surface area contributed by atoms with Crippen molar-refractivity contribution in [3.63, 3.8) is 0 Å². The van der Waals surface area contributed by atoms with Crippen LogP contribution in [0, 0.1) is 6.92 Å². The lowest BCUT2D eigenvalue weighted by Crippen LogP contribution is -2.37. The third-order valence-corrected chi connectivity index (χ3v) is 2.10. The maximum atomic E-state index is 9.51. The smallest absolute Gasteiger partial charge is 0.120 e. The summed E-state index contributed by atoms with van der Waals surface area (Å²) in [4.78, 5) is 0. The van der Waals surface area contributed by atoms with Crippen LogP contribution in [0.1, 0.15) is 18.1 Å². The molecule has 1 unspecified atom stereocenters. The summed E-state index contributed by atoms with van der Waals surface area (Å²) in [6.07, 6.45) is 0. The van der Waals surface area contributed by atoms with Gasteiger partial charge in [0.2, 0.25) is 0 Å². The van der Waals surface area contributed by atoms with Gasteiger partial charge in [-0.15, -0.1) is 0 Å². The minimum Gasteiger partial charge on any atom is -0.508 e. The van der Waals surface area contributed by atoms with Gasteiger partial charge in [0.1, 0.15) is 5.75 Å². The molecule has 0 saturated heterocycles. The summed E-state index contributed by atoms with van der Waals surface area (Å²) in [6.45, 7) is 3.40. The van der Waals surface area contributed by atoms with Crippen molar-refractivity contribution in [1.82, 2.24) is 0 Å². The summed E-state index contributed by atoms with van der Waals surface area (Å²) >= 11 is 0. The quantitative estimate of drug-likeness (QED) is 0.634. The fourth-order valence-electron chi connectivity index (χ4n) is 1.19. The molecule has 0 aromatic heterocycles. The Morgan fingerprint density at radius 3 is 2.62 bits per heavy atom. The Morgan fingerprint density at radius 2 is 2.08 bits per heavy atom. The molecule has 4 N–H and O–H groups in total. The SMILES string of the molecule is Cc1ccc(O)c(C(C)(N)CO)c1. The number of rotatable bonds is 2. The van der Waals surface area contributed by atoms with E-state index in [2.05, 4.69) is 0 Å². The highest BCUT2D eigenvalue weighted by molar-refractivity contribution is 5.40. The van der Waals surface area contributed by atoms with Crippen molar-refractivity contribution >= 4 is 0 Å². The molecule has 0 aliphatic carbocycles. The zero-order valence-corrected chi connectivity index (χ0v) is 7.91. The van der Waals surface area contributed by atoms with Gasteiger partial charge in [0.15, 0.2) is 0 Å². The van der Waals surface area contributed by atoms with Crippen molar-refractivity contribution < 1.29 is 10.2 Å². The zero-order chi connectivity index (χ0) is 10.1. The van der Waals surface area contributed by atoms with Crippen molar-refractivity contribution in [2.24, 2.45) is 5.73 Å². The normalized spacial score (nSPS) is 15.4. The van der Waals surface area contributed by atoms with Crippen molar-refractivity contribution in [1.29, 1.82) is 0 Å². The molecule has 0 heterocycles. The van der Waals surface area contributed by atoms with Gasteiger partial charge in [0.05, 0.1) is 12.1 Å². The van der Waals surface area contributed by atoms with Gasteiger partial charge in [0, 0.05) is 5.56 Å². The van der Waals surface area contributed by atoms with Crippen LogP contribution >= 0.6 is 0 Å². The highest BCUT2D eigenvalue weighted by atomic mass is 16.3. The van der Waals surface area contributed by atoms with E-state index in [1.807, 2.05) is 6.92 Å². The van der Waals surface area contributed by atoms with Crippen molar-refractivity contribution in [2.75, 3.05) is 6.61 Å². The Hall–Kier alpha value is -1.06. The maximum absolute atomic E-state index is 9.51. The molecule has 1 atom stereocenters. The van der Waals surface area contributed by atoms with E-state index < -0.39 is 5.54 Å². The monoisotopic (exact) mass is 181 g/mol. The standard InChI is InChI=1S/C10H15NO2/c1-7-3-4-9(13)8(5-7)10(2,11)6-12/h3-5,12-13H,6,11H2,1-2H3. The van der Waals surface area contributed by atoms with E-state index >= 15 is 0 Å². The predicted molar refractivity (Wildman–Crippen MR) is 51.5 cm³/mol. The van der Waals surface area contributed by atoms with E-state index in [0.717, 1.165) is 5.56 Å². The number of nitrogens with two attached hydrogens (primary N) is 1. The zero-order valence-electron chi connectivity index (χ0n) is 7.91. The lowest BCUT2D eigenvalue weighted by molar-refractivity contribution is 0.207. The molecule has 3 heteroatoms. The molecular formula is C10H15NO2. The molecule has 1 aromatic carbocycles. The van der Waals surface area contributed by atoms with E-state index in [1.54, 1.807) is 25.1 Å². The summed E-state index contributed by atoms with van der Waals surface area (Å²) in [7, 11) is 0. The third-order valence-electron chi connectivity index (χ3n) is 2.10. The van der Waals surface area contributed by atoms with Gasteiger partial charge in [-0.05, 0) is 19.9 Å². The molecule has 0 aliphatic heterocycles. The van der Waals surface area contributed by atoms with E-state index in [4.69, 9.17) is 10.8 Å². The van der Waals surface area contributed by atoms with E-state index in [0.29, 0.717) is 5.56 Å². The molecular weight excluding hydrogens is 166 g/mol. The number of phenols is 1. The summed E-state index contributed by atoms with van der Waals surface area (Å²) in [5.74, 6) is 0.129. The van der Waals surface area contributed by atoms with E-state index in [-0.39, 0.29) is 12.4 Å². The van der Waals surface area contributed by atoms with Crippen molar-refractivity contribution in [3.8, 4) is 5.75 Å². The predicted octanol–water partition coefficient (Wildman–Crippen LogP) is 0.867. The van der Waals surface area contributed by atoms with Crippen LogP contribution in [0.25, 0.3) is 0 Å². The molecule has 3 nitrogen and oxygen atoms in total. The highest BCUT2D eigenvalue weighted by Crippen LogP contribution is 2.27. The molecule has 0 bridgehead atoms. The average Bonchev–Trinajstić information content (AvgIpc) is 2.09. The van der Waals surface area contributed by atoms with Crippen molar-refractivity contribution in [3.05, 3.63) is 29.3 Å². The second kappa shape index (κ2) is 3.36. The first kappa shape index (κ1) is 10.0. The second-order valence-electron chi connectivity index (χ2n) is 3.60. The van der Waals surface area contributed by atoms with Crippen LogP contribution in [0.2, 0.25) is 0 Å². The van der Waals surface area contributed by atoms with Gasteiger partial charge >= 0.3 is 0 Å². The minimum absolute atomic E-state index is 0.129. The number of benzene rings is 1. The molecule has 13 heavy (non-hydrogen) atoms. The first-order valence-corrected chi connectivity index (χ1v) is 4.17. The molecule has 0 aliphatic rings. The maximum Gasteiger partial charge on any atom is 0.120 e. The van der Waals surface area contributed by atoms with Gasteiger partial charge in [-0.3, -0.25) is 0 Å². The van der Waals surface area contributed by atoms with Crippen LogP contribution in [0.4, 0.5) is 0 Å². The van der Waals surface area contributed by atoms with Gasteiger partial charge in [-0.2, -0.15) is 0 Å². The van der Waals surface area contributed by atoms with Crippen LogP contribution in [0.3, 0.4) is 0 Å². The third kappa shape index (κ3) is 1.99. The molecule has 1 rings (SSSR count). The number of aryl methyl sites for hydroxylation is 1. The fraction of sp³-hybridized carbons (Fsp3) is 0.400. The summed E-state index contributed by atoms with van der Waals surface area (Å²) in [6, 6.07) is 5.17. The average molecular weight is 181 g/mol. The molecule has 72 valence electrons. The number of aliphatic hydroxyl groups is 1. The number of phenolic OH excluding ortho intramolecular Hbond substituents is 1. The molecule has 0 fully saturated rings. The van der Waals surface area contributed by atoms with Crippen molar-refractivity contribution in [2.45, 2.75) is 19.4 Å². The second-order valence-corrected chi connectivity index (χ2v) is 3.60. The molecule has 0 amide bonds. The first-order valence-electron chi connectivity index (χ1n) is 4.17.